The first-order chi connectivity index (χ1) is 10.4. The van der Waals surface area contributed by atoms with Crippen LogP contribution in [0.2, 0.25) is 0 Å². The van der Waals surface area contributed by atoms with Crippen LogP contribution in [0.15, 0.2) is 18.2 Å². The molecule has 0 aromatic heterocycles. The van der Waals surface area contributed by atoms with E-state index in [0.717, 1.165) is 6.07 Å². The highest BCUT2D eigenvalue weighted by Crippen LogP contribution is 2.37. The summed E-state index contributed by atoms with van der Waals surface area (Å²) >= 11 is 0. The SMILES string of the molecule is CCC(=O)N1CCN(c2cc(C#N)ccc2C(F)(F)F)CC1. The van der Waals surface area contributed by atoms with Gasteiger partial charge >= 0.3 is 6.18 Å². The molecule has 1 saturated heterocycles. The maximum absolute atomic E-state index is 13.1. The summed E-state index contributed by atoms with van der Waals surface area (Å²) in [7, 11) is 0. The van der Waals surface area contributed by atoms with Gasteiger partial charge in [-0.3, -0.25) is 4.79 Å². The van der Waals surface area contributed by atoms with Gasteiger partial charge in [0.25, 0.3) is 0 Å². The van der Waals surface area contributed by atoms with Gasteiger partial charge in [0.05, 0.1) is 22.9 Å². The van der Waals surface area contributed by atoms with Crippen molar-refractivity contribution in [3.63, 3.8) is 0 Å². The molecule has 7 heteroatoms. The number of nitriles is 1. The summed E-state index contributed by atoms with van der Waals surface area (Å²) in [6.07, 6.45) is -4.09. The van der Waals surface area contributed by atoms with E-state index in [0.29, 0.717) is 32.6 Å². The van der Waals surface area contributed by atoms with Crippen LogP contribution in [-0.4, -0.2) is 37.0 Å². The molecular weight excluding hydrogens is 295 g/mol. The zero-order chi connectivity index (χ0) is 16.3. The number of nitrogens with zero attached hydrogens (tertiary/aromatic N) is 3. The fraction of sp³-hybridized carbons (Fsp3) is 0.467. The van der Waals surface area contributed by atoms with E-state index in [1.807, 2.05) is 6.07 Å². The molecule has 0 spiro atoms. The van der Waals surface area contributed by atoms with Crippen molar-refractivity contribution in [1.82, 2.24) is 4.90 Å². The molecule has 4 nitrogen and oxygen atoms in total. The normalized spacial score (nSPS) is 15.6. The first-order valence-corrected chi connectivity index (χ1v) is 7.01. The van der Waals surface area contributed by atoms with Gasteiger partial charge in [-0.25, -0.2) is 0 Å². The molecule has 1 fully saturated rings. The van der Waals surface area contributed by atoms with E-state index >= 15 is 0 Å². The molecule has 22 heavy (non-hydrogen) atoms. The zero-order valence-electron chi connectivity index (χ0n) is 12.2. The third kappa shape index (κ3) is 3.32. The van der Waals surface area contributed by atoms with Gasteiger partial charge < -0.3 is 9.80 Å². The molecule has 1 aromatic carbocycles. The van der Waals surface area contributed by atoms with Gasteiger partial charge in [0, 0.05) is 32.6 Å². The van der Waals surface area contributed by atoms with E-state index in [1.54, 1.807) is 16.7 Å². The van der Waals surface area contributed by atoms with Gasteiger partial charge in [-0.05, 0) is 18.2 Å². The third-order valence-corrected chi connectivity index (χ3v) is 3.71. The van der Waals surface area contributed by atoms with E-state index < -0.39 is 11.7 Å². The van der Waals surface area contributed by atoms with Crippen LogP contribution < -0.4 is 4.90 Å². The molecule has 0 radical (unpaired) electrons. The van der Waals surface area contributed by atoms with Gasteiger partial charge in [-0.15, -0.1) is 0 Å². The molecule has 0 atom stereocenters. The summed E-state index contributed by atoms with van der Waals surface area (Å²) in [5.41, 5.74) is -0.549. The minimum Gasteiger partial charge on any atom is -0.367 e. The van der Waals surface area contributed by atoms with Gasteiger partial charge in [-0.1, -0.05) is 6.92 Å². The standard InChI is InChI=1S/C15H16F3N3O/c1-2-14(22)21-7-5-20(6-8-21)13-9-11(10-19)3-4-12(13)15(16,17)18/h3-4,9H,2,5-8H2,1H3. The lowest BCUT2D eigenvalue weighted by molar-refractivity contribution is -0.137. The van der Waals surface area contributed by atoms with Gasteiger partial charge in [0.15, 0.2) is 0 Å². The maximum Gasteiger partial charge on any atom is 0.418 e. The van der Waals surface area contributed by atoms with Crippen molar-refractivity contribution in [3.8, 4) is 6.07 Å². The Balaban J connectivity index is 2.26. The fourth-order valence-corrected chi connectivity index (χ4v) is 2.52. The molecule has 1 aliphatic heterocycles. The topological polar surface area (TPSA) is 47.3 Å². The summed E-state index contributed by atoms with van der Waals surface area (Å²) in [5.74, 6) is 0.00136. The highest BCUT2D eigenvalue weighted by atomic mass is 19.4. The smallest absolute Gasteiger partial charge is 0.367 e. The average Bonchev–Trinajstić information content (AvgIpc) is 2.52. The van der Waals surface area contributed by atoms with E-state index in [4.69, 9.17) is 5.26 Å². The lowest BCUT2D eigenvalue weighted by Crippen LogP contribution is -2.49. The Bertz CT molecular complexity index is 599. The number of rotatable bonds is 2. The van der Waals surface area contributed by atoms with Crippen LogP contribution in [0.4, 0.5) is 18.9 Å². The Kier molecular flexibility index (Phi) is 4.59. The minimum absolute atomic E-state index is 0.00136. The minimum atomic E-state index is -4.47. The molecule has 1 aromatic rings. The fourth-order valence-electron chi connectivity index (χ4n) is 2.52. The molecule has 1 heterocycles. The van der Waals surface area contributed by atoms with Crippen LogP contribution in [0, 0.1) is 11.3 Å². The monoisotopic (exact) mass is 311 g/mol. The van der Waals surface area contributed by atoms with Gasteiger partial charge in [0.1, 0.15) is 0 Å². The van der Waals surface area contributed by atoms with Gasteiger partial charge in [-0.2, -0.15) is 18.4 Å². The van der Waals surface area contributed by atoms with Crippen molar-refractivity contribution >= 4 is 11.6 Å². The molecule has 1 amide bonds. The number of hydrogen-bond donors (Lipinski definition) is 0. The summed E-state index contributed by atoms with van der Waals surface area (Å²) in [6, 6.07) is 5.24. The number of amides is 1. The van der Waals surface area contributed by atoms with Crippen LogP contribution in [0.1, 0.15) is 24.5 Å². The summed E-state index contributed by atoms with van der Waals surface area (Å²) in [5, 5.41) is 8.90. The summed E-state index contributed by atoms with van der Waals surface area (Å²) in [4.78, 5) is 14.9. The average molecular weight is 311 g/mol. The third-order valence-electron chi connectivity index (χ3n) is 3.71. The maximum atomic E-state index is 13.1. The van der Waals surface area contributed by atoms with E-state index in [1.165, 1.54) is 12.1 Å². The number of carbonyl (C=O) groups is 1. The Morgan fingerprint density at radius 2 is 1.91 bits per heavy atom. The van der Waals surface area contributed by atoms with E-state index in [-0.39, 0.29) is 17.2 Å². The summed E-state index contributed by atoms with van der Waals surface area (Å²) < 4.78 is 39.4. The highest BCUT2D eigenvalue weighted by Gasteiger charge is 2.35. The highest BCUT2D eigenvalue weighted by molar-refractivity contribution is 5.76. The lowest BCUT2D eigenvalue weighted by atomic mass is 10.1. The van der Waals surface area contributed by atoms with E-state index in [2.05, 4.69) is 0 Å². The molecule has 0 bridgehead atoms. The number of piperazine rings is 1. The van der Waals surface area contributed by atoms with Crippen molar-refractivity contribution in [3.05, 3.63) is 29.3 Å². The number of benzene rings is 1. The molecule has 2 rings (SSSR count). The number of anilines is 1. The Morgan fingerprint density at radius 1 is 1.27 bits per heavy atom. The predicted octanol–water partition coefficient (Wildman–Crippen LogP) is 2.64. The van der Waals surface area contributed by atoms with Crippen LogP contribution in [0.3, 0.4) is 0 Å². The molecule has 0 saturated carbocycles. The van der Waals surface area contributed by atoms with Crippen LogP contribution in [0.25, 0.3) is 0 Å². The second-order valence-corrected chi connectivity index (χ2v) is 5.06. The zero-order valence-corrected chi connectivity index (χ0v) is 12.2. The molecule has 0 N–H and O–H groups in total. The van der Waals surface area contributed by atoms with Crippen LogP contribution in [-0.2, 0) is 11.0 Å². The van der Waals surface area contributed by atoms with Gasteiger partial charge in [0.2, 0.25) is 5.91 Å². The Hall–Kier alpha value is -2.23. The van der Waals surface area contributed by atoms with E-state index in [9.17, 15) is 18.0 Å². The number of carbonyl (C=O) groups excluding carboxylic acids is 1. The molecule has 1 aliphatic rings. The van der Waals surface area contributed by atoms with Crippen molar-refractivity contribution in [1.29, 1.82) is 5.26 Å². The van der Waals surface area contributed by atoms with Crippen LogP contribution >= 0.6 is 0 Å². The molecule has 0 unspecified atom stereocenters. The Morgan fingerprint density at radius 3 is 2.41 bits per heavy atom. The van der Waals surface area contributed by atoms with Crippen molar-refractivity contribution in [2.24, 2.45) is 0 Å². The first kappa shape index (κ1) is 16.1. The largest absolute Gasteiger partial charge is 0.418 e. The molecule has 0 aliphatic carbocycles. The second-order valence-electron chi connectivity index (χ2n) is 5.06. The van der Waals surface area contributed by atoms with Crippen molar-refractivity contribution in [2.45, 2.75) is 19.5 Å². The Labute approximate surface area is 126 Å². The van der Waals surface area contributed by atoms with Crippen molar-refractivity contribution in [2.75, 3.05) is 31.1 Å². The quantitative estimate of drug-likeness (QED) is 0.843. The number of halogens is 3. The molecular formula is C15H16F3N3O. The summed E-state index contributed by atoms with van der Waals surface area (Å²) in [6.45, 7) is 3.18. The second kappa shape index (κ2) is 6.26. The van der Waals surface area contributed by atoms with Crippen molar-refractivity contribution < 1.29 is 18.0 Å². The predicted molar refractivity (Wildman–Crippen MR) is 75.2 cm³/mol. The number of hydrogen-bond acceptors (Lipinski definition) is 3. The lowest BCUT2D eigenvalue weighted by Gasteiger charge is -2.37. The first-order valence-electron chi connectivity index (χ1n) is 7.01. The number of alkyl halides is 3. The molecule has 118 valence electrons. The van der Waals surface area contributed by atoms with Crippen LogP contribution in [0.5, 0.6) is 0 Å².